The highest BCUT2D eigenvalue weighted by molar-refractivity contribution is 5.74. The van der Waals surface area contributed by atoms with Gasteiger partial charge in [-0.25, -0.2) is 4.79 Å². The molecule has 4 heteroatoms. The van der Waals surface area contributed by atoms with Gasteiger partial charge in [0.1, 0.15) is 0 Å². The Balaban J connectivity index is 1.91. The van der Waals surface area contributed by atoms with Crippen LogP contribution >= 0.6 is 0 Å². The molecule has 0 radical (unpaired) electrons. The number of nitrogens with zero attached hydrogens (tertiary/aromatic N) is 1. The molecular weight excluding hydrogens is 264 g/mol. The predicted octanol–water partition coefficient (Wildman–Crippen LogP) is 2.78. The third kappa shape index (κ3) is 4.21. The molecule has 2 atom stereocenters. The monoisotopic (exact) mass is 290 g/mol. The molecule has 1 heterocycles. The minimum Gasteiger partial charge on any atom is -0.372 e. The van der Waals surface area contributed by atoms with Gasteiger partial charge in [-0.2, -0.15) is 0 Å². The summed E-state index contributed by atoms with van der Waals surface area (Å²) in [7, 11) is 0. The molecule has 4 nitrogen and oxygen atoms in total. The second-order valence-electron chi connectivity index (χ2n) is 6.57. The molecule has 1 N–H and O–H groups in total. The van der Waals surface area contributed by atoms with E-state index in [1.807, 2.05) is 36.9 Å². The molecule has 1 aromatic carbocycles. The van der Waals surface area contributed by atoms with Crippen LogP contribution in [0.1, 0.15) is 33.3 Å². The Morgan fingerprint density at radius 1 is 1.24 bits per heavy atom. The highest BCUT2D eigenvalue weighted by Gasteiger charge is 2.27. The summed E-state index contributed by atoms with van der Waals surface area (Å²) in [5.74, 6) is 0. The summed E-state index contributed by atoms with van der Waals surface area (Å²) >= 11 is 0. The fourth-order valence-electron chi connectivity index (χ4n) is 2.74. The molecule has 0 saturated carbocycles. The van der Waals surface area contributed by atoms with E-state index in [0.29, 0.717) is 19.6 Å². The highest BCUT2D eigenvalue weighted by Crippen LogP contribution is 2.22. The van der Waals surface area contributed by atoms with Crippen molar-refractivity contribution in [3.05, 3.63) is 35.9 Å². The molecule has 1 aromatic rings. The van der Waals surface area contributed by atoms with E-state index in [1.54, 1.807) is 0 Å². The summed E-state index contributed by atoms with van der Waals surface area (Å²) in [6, 6.07) is 10.3. The number of benzene rings is 1. The number of nitrogens with one attached hydrogen (secondary N) is 1. The first-order chi connectivity index (χ1) is 9.88. The quantitative estimate of drug-likeness (QED) is 0.930. The Kier molecular flexibility index (Phi) is 4.88. The molecule has 0 aliphatic carbocycles. The molecule has 1 fully saturated rings. The lowest BCUT2D eigenvalue weighted by molar-refractivity contribution is -0.0545. The molecule has 21 heavy (non-hydrogen) atoms. The Hall–Kier alpha value is -1.55. The van der Waals surface area contributed by atoms with E-state index in [4.69, 9.17) is 4.74 Å². The molecule has 0 spiro atoms. The van der Waals surface area contributed by atoms with Crippen LogP contribution in [-0.2, 0) is 10.2 Å². The van der Waals surface area contributed by atoms with Gasteiger partial charge < -0.3 is 15.0 Å². The standard InChI is InChI=1S/C17H26N2O2/c1-13-10-19(11-14(2)21-13)16(20)18-12-17(3,4)15-8-6-5-7-9-15/h5-9,13-14H,10-12H2,1-4H3,(H,18,20)/t13-,14-/m1/s1. The highest BCUT2D eigenvalue weighted by atomic mass is 16.5. The van der Waals surface area contributed by atoms with Crippen LogP contribution in [0.15, 0.2) is 30.3 Å². The molecule has 0 aromatic heterocycles. The molecule has 1 aliphatic rings. The van der Waals surface area contributed by atoms with Crippen LogP contribution < -0.4 is 5.32 Å². The van der Waals surface area contributed by atoms with Gasteiger partial charge >= 0.3 is 6.03 Å². The van der Waals surface area contributed by atoms with E-state index in [9.17, 15) is 4.79 Å². The van der Waals surface area contributed by atoms with Gasteiger partial charge in [-0.15, -0.1) is 0 Å². The first-order valence-electron chi connectivity index (χ1n) is 7.62. The summed E-state index contributed by atoms with van der Waals surface area (Å²) in [6.07, 6.45) is 0.197. The van der Waals surface area contributed by atoms with E-state index in [0.717, 1.165) is 0 Å². The van der Waals surface area contributed by atoms with Gasteiger partial charge in [-0.1, -0.05) is 44.2 Å². The van der Waals surface area contributed by atoms with Crippen molar-refractivity contribution in [1.29, 1.82) is 0 Å². The molecule has 1 saturated heterocycles. The zero-order valence-electron chi connectivity index (χ0n) is 13.4. The number of carbonyl (C=O) groups excluding carboxylic acids is 1. The molecule has 116 valence electrons. The number of hydrogen-bond acceptors (Lipinski definition) is 2. The van der Waals surface area contributed by atoms with Crippen molar-refractivity contribution in [2.24, 2.45) is 0 Å². The van der Waals surface area contributed by atoms with Crippen LogP contribution in [0.4, 0.5) is 4.79 Å². The zero-order valence-corrected chi connectivity index (χ0v) is 13.4. The minimum absolute atomic E-state index is 0.000932. The van der Waals surface area contributed by atoms with E-state index >= 15 is 0 Å². The number of carbonyl (C=O) groups is 1. The molecule has 2 amide bonds. The van der Waals surface area contributed by atoms with Crippen molar-refractivity contribution in [1.82, 2.24) is 10.2 Å². The summed E-state index contributed by atoms with van der Waals surface area (Å²) < 4.78 is 5.66. The number of rotatable bonds is 3. The van der Waals surface area contributed by atoms with Gasteiger partial charge in [0.2, 0.25) is 0 Å². The lowest BCUT2D eigenvalue weighted by Crippen LogP contribution is -2.53. The molecule has 0 unspecified atom stereocenters. The Labute approximate surface area is 127 Å². The van der Waals surface area contributed by atoms with Gasteiger partial charge in [0, 0.05) is 25.0 Å². The molecule has 2 rings (SSSR count). The van der Waals surface area contributed by atoms with Crippen LogP contribution in [0, 0.1) is 0 Å². The van der Waals surface area contributed by atoms with Crippen molar-refractivity contribution >= 4 is 6.03 Å². The Bertz CT molecular complexity index is 463. The molecule has 1 aliphatic heterocycles. The van der Waals surface area contributed by atoms with Crippen LogP contribution in [-0.4, -0.2) is 42.8 Å². The minimum atomic E-state index is -0.0829. The first-order valence-corrected chi connectivity index (χ1v) is 7.62. The fourth-order valence-corrected chi connectivity index (χ4v) is 2.74. The number of urea groups is 1. The maximum Gasteiger partial charge on any atom is 0.317 e. The SMILES string of the molecule is C[C@@H]1CN(C(=O)NCC(C)(C)c2ccccc2)C[C@@H](C)O1. The normalized spacial score (nSPS) is 23.0. The third-order valence-corrected chi connectivity index (χ3v) is 3.94. The summed E-state index contributed by atoms with van der Waals surface area (Å²) in [5.41, 5.74) is 1.15. The second kappa shape index (κ2) is 6.48. The smallest absolute Gasteiger partial charge is 0.317 e. The van der Waals surface area contributed by atoms with E-state index < -0.39 is 0 Å². The van der Waals surface area contributed by atoms with E-state index in [2.05, 4.69) is 31.3 Å². The first kappa shape index (κ1) is 15.8. The van der Waals surface area contributed by atoms with Crippen LogP contribution in [0.5, 0.6) is 0 Å². The predicted molar refractivity (Wildman–Crippen MR) is 84.4 cm³/mol. The summed E-state index contributed by atoms with van der Waals surface area (Å²) in [4.78, 5) is 14.2. The largest absolute Gasteiger partial charge is 0.372 e. The number of amides is 2. The second-order valence-corrected chi connectivity index (χ2v) is 6.57. The van der Waals surface area contributed by atoms with Gasteiger partial charge in [0.25, 0.3) is 0 Å². The van der Waals surface area contributed by atoms with Gasteiger partial charge in [-0.3, -0.25) is 0 Å². The van der Waals surface area contributed by atoms with Gasteiger partial charge in [-0.05, 0) is 19.4 Å². The topological polar surface area (TPSA) is 41.6 Å². The van der Waals surface area contributed by atoms with Crippen molar-refractivity contribution in [3.63, 3.8) is 0 Å². The average Bonchev–Trinajstić information content (AvgIpc) is 2.45. The molecule has 0 bridgehead atoms. The Morgan fingerprint density at radius 2 is 1.81 bits per heavy atom. The summed E-state index contributed by atoms with van der Waals surface area (Å²) in [6.45, 7) is 10.2. The van der Waals surface area contributed by atoms with Crippen molar-refractivity contribution in [2.75, 3.05) is 19.6 Å². The number of morpholine rings is 1. The Morgan fingerprint density at radius 3 is 2.38 bits per heavy atom. The van der Waals surface area contributed by atoms with E-state index in [1.165, 1.54) is 5.56 Å². The van der Waals surface area contributed by atoms with Crippen molar-refractivity contribution in [3.8, 4) is 0 Å². The van der Waals surface area contributed by atoms with Crippen LogP contribution in [0.2, 0.25) is 0 Å². The van der Waals surface area contributed by atoms with Crippen molar-refractivity contribution < 1.29 is 9.53 Å². The van der Waals surface area contributed by atoms with Crippen LogP contribution in [0.25, 0.3) is 0 Å². The van der Waals surface area contributed by atoms with Gasteiger partial charge in [0.05, 0.1) is 12.2 Å². The number of hydrogen-bond donors (Lipinski definition) is 1. The van der Waals surface area contributed by atoms with Gasteiger partial charge in [0.15, 0.2) is 0 Å². The maximum atomic E-state index is 12.3. The third-order valence-electron chi connectivity index (χ3n) is 3.94. The fraction of sp³-hybridized carbons (Fsp3) is 0.588. The lowest BCUT2D eigenvalue weighted by Gasteiger charge is -2.36. The molecular formula is C17H26N2O2. The van der Waals surface area contributed by atoms with Crippen molar-refractivity contribution in [2.45, 2.75) is 45.3 Å². The van der Waals surface area contributed by atoms with Crippen LogP contribution in [0.3, 0.4) is 0 Å². The number of ether oxygens (including phenoxy) is 1. The summed E-state index contributed by atoms with van der Waals surface area (Å²) in [5, 5.41) is 3.06. The van der Waals surface area contributed by atoms with E-state index in [-0.39, 0.29) is 23.7 Å². The lowest BCUT2D eigenvalue weighted by atomic mass is 9.85. The zero-order chi connectivity index (χ0) is 15.5. The maximum absolute atomic E-state index is 12.3. The average molecular weight is 290 g/mol.